The van der Waals surface area contributed by atoms with Crippen LogP contribution in [0.15, 0.2) is 30.5 Å². The van der Waals surface area contributed by atoms with Gasteiger partial charge in [0, 0.05) is 6.54 Å². The first-order chi connectivity index (χ1) is 11.3. The molecule has 2 amide bonds. The molecule has 0 radical (unpaired) electrons. The maximum absolute atomic E-state index is 12.9. The lowest BCUT2D eigenvalue weighted by Gasteiger charge is -2.20. The second-order valence-corrected chi connectivity index (χ2v) is 5.26. The van der Waals surface area contributed by atoms with E-state index < -0.39 is 23.6 Å². The molecule has 10 heteroatoms. The third-order valence-corrected chi connectivity index (χ3v) is 3.57. The first-order valence-corrected chi connectivity index (χ1v) is 7.59. The minimum Gasteiger partial charge on any atom is -0.328 e. The van der Waals surface area contributed by atoms with Gasteiger partial charge in [0.1, 0.15) is 6.54 Å². The van der Waals surface area contributed by atoms with Crippen LogP contribution in [0.2, 0.25) is 0 Å². The second kappa shape index (κ2) is 7.39. The minimum absolute atomic E-state index is 0.0883. The average Bonchev–Trinajstić information content (AvgIpc) is 3.06. The zero-order valence-electron chi connectivity index (χ0n) is 12.5. The highest BCUT2D eigenvalue weighted by Gasteiger charge is 2.33. The van der Waals surface area contributed by atoms with Crippen molar-refractivity contribution in [3.8, 4) is 0 Å². The summed E-state index contributed by atoms with van der Waals surface area (Å²) in [5, 5.41) is 2.20. The highest BCUT2D eigenvalue weighted by Crippen LogP contribution is 2.34. The summed E-state index contributed by atoms with van der Waals surface area (Å²) in [5.74, 6) is -1.24. The summed E-state index contributed by atoms with van der Waals surface area (Å²) < 4.78 is 46.2. The SMILES string of the molecule is CCN(CC(=O)Nc1ccccc1C(F)(F)F)C(=O)c1cnsn1. The Hall–Kier alpha value is -2.49. The Bertz CT molecular complexity index is 719. The number of rotatable bonds is 5. The number of hydrogen-bond donors (Lipinski definition) is 1. The smallest absolute Gasteiger partial charge is 0.328 e. The largest absolute Gasteiger partial charge is 0.418 e. The Morgan fingerprint density at radius 2 is 2.00 bits per heavy atom. The lowest BCUT2D eigenvalue weighted by atomic mass is 10.1. The summed E-state index contributed by atoms with van der Waals surface area (Å²) in [5.41, 5.74) is -1.21. The molecule has 2 aromatic rings. The Morgan fingerprint density at radius 3 is 2.58 bits per heavy atom. The fourth-order valence-corrected chi connectivity index (χ4v) is 2.36. The first kappa shape index (κ1) is 17.9. The van der Waals surface area contributed by atoms with Crippen molar-refractivity contribution in [2.75, 3.05) is 18.4 Å². The van der Waals surface area contributed by atoms with Crippen LogP contribution >= 0.6 is 11.7 Å². The molecule has 2 rings (SSSR count). The molecule has 128 valence electrons. The summed E-state index contributed by atoms with van der Waals surface area (Å²) in [7, 11) is 0. The normalized spacial score (nSPS) is 11.2. The van der Waals surface area contributed by atoms with Crippen LogP contribution in [0.3, 0.4) is 0 Å². The first-order valence-electron chi connectivity index (χ1n) is 6.85. The Morgan fingerprint density at radius 1 is 1.29 bits per heavy atom. The number of hydrogen-bond acceptors (Lipinski definition) is 5. The molecule has 0 aliphatic rings. The predicted molar refractivity (Wildman–Crippen MR) is 81.6 cm³/mol. The number of halogens is 3. The number of benzene rings is 1. The van der Waals surface area contributed by atoms with E-state index in [1.807, 2.05) is 0 Å². The quantitative estimate of drug-likeness (QED) is 0.892. The zero-order valence-corrected chi connectivity index (χ0v) is 13.3. The van der Waals surface area contributed by atoms with Crippen molar-refractivity contribution in [2.24, 2.45) is 0 Å². The van der Waals surface area contributed by atoms with Crippen molar-refractivity contribution in [3.05, 3.63) is 41.7 Å². The number of carbonyl (C=O) groups is 2. The van der Waals surface area contributed by atoms with Gasteiger partial charge < -0.3 is 10.2 Å². The number of alkyl halides is 3. The molecule has 1 heterocycles. The van der Waals surface area contributed by atoms with Gasteiger partial charge in [0.05, 0.1) is 29.2 Å². The van der Waals surface area contributed by atoms with Crippen LogP contribution in [0.5, 0.6) is 0 Å². The van der Waals surface area contributed by atoms with E-state index in [1.54, 1.807) is 6.92 Å². The molecular weight excluding hydrogens is 345 g/mol. The highest BCUT2D eigenvalue weighted by molar-refractivity contribution is 6.99. The van der Waals surface area contributed by atoms with Gasteiger partial charge >= 0.3 is 6.18 Å². The standard InChI is InChI=1S/C14H13F3N4O2S/c1-2-21(13(23)11-7-18-24-20-11)8-12(22)19-10-6-4-3-5-9(10)14(15,16)17/h3-7H,2,8H2,1H3,(H,19,22). The van der Waals surface area contributed by atoms with Gasteiger partial charge in [-0.2, -0.15) is 21.9 Å². The number of nitrogens with one attached hydrogen (secondary N) is 1. The topological polar surface area (TPSA) is 75.2 Å². The molecule has 0 aliphatic heterocycles. The average molecular weight is 358 g/mol. The van der Waals surface area contributed by atoms with Gasteiger partial charge in [-0.15, -0.1) is 0 Å². The number of nitrogens with zero attached hydrogens (tertiary/aromatic N) is 3. The van der Waals surface area contributed by atoms with Gasteiger partial charge in [-0.1, -0.05) is 12.1 Å². The van der Waals surface area contributed by atoms with Gasteiger partial charge in [0.2, 0.25) is 5.91 Å². The van der Waals surface area contributed by atoms with Crippen molar-refractivity contribution >= 4 is 29.2 Å². The third kappa shape index (κ3) is 4.28. The van der Waals surface area contributed by atoms with Crippen LogP contribution in [0.1, 0.15) is 23.0 Å². The number of carbonyl (C=O) groups excluding carboxylic acids is 2. The summed E-state index contributed by atoms with van der Waals surface area (Å²) in [6.07, 6.45) is -3.32. The Balaban J connectivity index is 2.09. The highest BCUT2D eigenvalue weighted by atomic mass is 32.1. The van der Waals surface area contributed by atoms with Crippen molar-refractivity contribution in [3.63, 3.8) is 0 Å². The molecule has 1 aromatic carbocycles. The molecule has 0 aliphatic carbocycles. The maximum Gasteiger partial charge on any atom is 0.418 e. The molecular formula is C14H13F3N4O2S. The van der Waals surface area contributed by atoms with E-state index in [2.05, 4.69) is 14.1 Å². The number of aromatic nitrogens is 2. The summed E-state index contributed by atoms with van der Waals surface area (Å²) in [4.78, 5) is 25.3. The zero-order chi connectivity index (χ0) is 17.7. The molecule has 0 fully saturated rings. The predicted octanol–water partition coefficient (Wildman–Crippen LogP) is 2.66. The number of likely N-dealkylation sites (N-methyl/N-ethyl adjacent to an activating group) is 1. The minimum atomic E-state index is -4.59. The van der Waals surface area contributed by atoms with E-state index in [0.717, 1.165) is 23.9 Å². The number of amides is 2. The van der Waals surface area contributed by atoms with Gasteiger partial charge in [-0.25, -0.2) is 0 Å². The van der Waals surface area contributed by atoms with E-state index in [9.17, 15) is 22.8 Å². The van der Waals surface area contributed by atoms with Crippen LogP contribution in [0.25, 0.3) is 0 Å². The molecule has 0 saturated carbocycles. The van der Waals surface area contributed by atoms with Gasteiger partial charge in [-0.05, 0) is 19.1 Å². The van der Waals surface area contributed by atoms with Crippen molar-refractivity contribution in [1.82, 2.24) is 13.6 Å². The van der Waals surface area contributed by atoms with Crippen molar-refractivity contribution in [2.45, 2.75) is 13.1 Å². The van der Waals surface area contributed by atoms with E-state index in [0.29, 0.717) is 0 Å². The molecule has 0 spiro atoms. The van der Waals surface area contributed by atoms with Crippen LogP contribution in [-0.4, -0.2) is 38.6 Å². The fourth-order valence-electron chi connectivity index (χ4n) is 1.95. The molecule has 1 N–H and O–H groups in total. The van der Waals surface area contributed by atoms with E-state index >= 15 is 0 Å². The Labute approximate surface area is 139 Å². The van der Waals surface area contributed by atoms with Crippen LogP contribution in [-0.2, 0) is 11.0 Å². The van der Waals surface area contributed by atoms with E-state index in [1.165, 1.54) is 23.2 Å². The van der Waals surface area contributed by atoms with Gasteiger partial charge in [0.25, 0.3) is 5.91 Å². The number of para-hydroxylation sites is 1. The summed E-state index contributed by atoms with van der Waals surface area (Å²) >= 11 is 0.849. The molecule has 24 heavy (non-hydrogen) atoms. The molecule has 1 aromatic heterocycles. The maximum atomic E-state index is 12.9. The molecule has 0 atom stereocenters. The summed E-state index contributed by atoms with van der Waals surface area (Å²) in [6, 6.07) is 4.65. The second-order valence-electron chi connectivity index (χ2n) is 4.70. The monoisotopic (exact) mass is 358 g/mol. The van der Waals surface area contributed by atoms with Crippen LogP contribution in [0, 0.1) is 0 Å². The lowest BCUT2D eigenvalue weighted by molar-refractivity contribution is -0.137. The van der Waals surface area contributed by atoms with Crippen molar-refractivity contribution < 1.29 is 22.8 Å². The molecule has 6 nitrogen and oxygen atoms in total. The van der Waals surface area contributed by atoms with Gasteiger partial charge in [0.15, 0.2) is 5.69 Å². The van der Waals surface area contributed by atoms with Crippen molar-refractivity contribution in [1.29, 1.82) is 0 Å². The molecule has 0 bridgehead atoms. The lowest BCUT2D eigenvalue weighted by Crippen LogP contribution is -2.38. The number of anilines is 1. The fraction of sp³-hybridized carbons (Fsp3) is 0.286. The molecule has 0 saturated heterocycles. The van der Waals surface area contributed by atoms with Crippen LogP contribution in [0.4, 0.5) is 18.9 Å². The van der Waals surface area contributed by atoms with Gasteiger partial charge in [-0.3, -0.25) is 9.59 Å². The summed E-state index contributed by atoms with van der Waals surface area (Å²) in [6.45, 7) is 1.46. The van der Waals surface area contributed by atoms with E-state index in [4.69, 9.17) is 0 Å². The molecule has 0 unspecified atom stereocenters. The third-order valence-electron chi connectivity index (χ3n) is 3.09. The van der Waals surface area contributed by atoms with E-state index in [-0.39, 0.29) is 24.5 Å². The van der Waals surface area contributed by atoms with Crippen LogP contribution < -0.4 is 5.32 Å². The Kier molecular flexibility index (Phi) is 5.50.